The van der Waals surface area contributed by atoms with Crippen molar-refractivity contribution in [3.63, 3.8) is 0 Å². The van der Waals surface area contributed by atoms with Crippen LogP contribution in [0.15, 0.2) is 5.16 Å². The van der Waals surface area contributed by atoms with E-state index in [0.717, 1.165) is 25.9 Å². The van der Waals surface area contributed by atoms with E-state index in [1.54, 1.807) is 4.90 Å². The van der Waals surface area contributed by atoms with E-state index >= 15 is 0 Å². The highest BCUT2D eigenvalue weighted by Gasteiger charge is 2.23. The number of carbonyl (C=O) groups excluding carboxylic acids is 1. The van der Waals surface area contributed by atoms with Crippen molar-refractivity contribution in [2.24, 2.45) is 10.9 Å². The van der Waals surface area contributed by atoms with Gasteiger partial charge in [-0.05, 0) is 33.1 Å². The van der Waals surface area contributed by atoms with Gasteiger partial charge in [0.05, 0.1) is 12.5 Å². The summed E-state index contributed by atoms with van der Waals surface area (Å²) in [7, 11) is 0. The van der Waals surface area contributed by atoms with Gasteiger partial charge in [0.1, 0.15) is 5.84 Å². The first-order chi connectivity index (χ1) is 9.04. The van der Waals surface area contributed by atoms with E-state index in [-0.39, 0.29) is 23.9 Å². The molecule has 0 bridgehead atoms. The molecule has 0 aromatic rings. The quantitative estimate of drug-likeness (QED) is 0.330. The summed E-state index contributed by atoms with van der Waals surface area (Å²) in [6, 6.07) is 0.0996. The third-order valence-corrected chi connectivity index (χ3v) is 3.36. The fourth-order valence-electron chi connectivity index (χ4n) is 2.24. The van der Waals surface area contributed by atoms with Crippen molar-refractivity contribution in [2.75, 3.05) is 13.2 Å². The maximum absolute atomic E-state index is 12.3. The minimum Gasteiger partial charge on any atom is -0.409 e. The number of amidine groups is 1. The lowest BCUT2D eigenvalue weighted by atomic mass is 10.1. The van der Waals surface area contributed by atoms with Gasteiger partial charge in [-0.1, -0.05) is 5.16 Å². The number of hydrogen-bond acceptors (Lipinski definition) is 4. The molecular weight excluding hydrogens is 246 g/mol. The van der Waals surface area contributed by atoms with Gasteiger partial charge in [0.25, 0.3) is 0 Å². The zero-order valence-electron chi connectivity index (χ0n) is 11.8. The summed E-state index contributed by atoms with van der Waals surface area (Å²) in [6.45, 7) is 5.15. The monoisotopic (exact) mass is 271 g/mol. The number of carbonyl (C=O) groups is 1. The van der Waals surface area contributed by atoms with E-state index in [1.807, 2.05) is 13.8 Å². The van der Waals surface area contributed by atoms with Gasteiger partial charge in [-0.25, -0.2) is 0 Å². The number of amides is 1. The Morgan fingerprint density at radius 3 is 2.79 bits per heavy atom. The number of nitrogens with zero attached hydrogens (tertiary/aromatic N) is 2. The summed E-state index contributed by atoms with van der Waals surface area (Å²) >= 11 is 0. The summed E-state index contributed by atoms with van der Waals surface area (Å²) in [5, 5.41) is 11.5. The summed E-state index contributed by atoms with van der Waals surface area (Å²) in [4.78, 5) is 14.0. The Morgan fingerprint density at radius 1 is 1.53 bits per heavy atom. The number of nitrogens with two attached hydrogens (primary N) is 1. The zero-order valence-corrected chi connectivity index (χ0v) is 11.8. The van der Waals surface area contributed by atoms with Crippen LogP contribution in [0.5, 0.6) is 0 Å². The molecule has 6 heteroatoms. The van der Waals surface area contributed by atoms with Crippen LogP contribution in [-0.4, -0.2) is 47.1 Å². The van der Waals surface area contributed by atoms with Crippen molar-refractivity contribution in [1.82, 2.24) is 4.90 Å². The first-order valence-electron chi connectivity index (χ1n) is 6.92. The van der Waals surface area contributed by atoms with Gasteiger partial charge in [-0.15, -0.1) is 0 Å². The van der Waals surface area contributed by atoms with Crippen LogP contribution in [0.2, 0.25) is 0 Å². The van der Waals surface area contributed by atoms with Gasteiger partial charge in [-0.3, -0.25) is 4.79 Å². The smallest absolute Gasteiger partial charge is 0.225 e. The second-order valence-corrected chi connectivity index (χ2v) is 5.21. The van der Waals surface area contributed by atoms with E-state index in [2.05, 4.69) is 5.16 Å². The Kier molecular flexibility index (Phi) is 6.62. The summed E-state index contributed by atoms with van der Waals surface area (Å²) in [5.41, 5.74) is 5.44. The Labute approximate surface area is 114 Å². The minimum absolute atomic E-state index is 0.0476. The molecule has 0 radical (unpaired) electrons. The Hall–Kier alpha value is -1.30. The first-order valence-corrected chi connectivity index (χ1v) is 6.92. The maximum Gasteiger partial charge on any atom is 0.225 e. The van der Waals surface area contributed by atoms with Crippen LogP contribution >= 0.6 is 0 Å². The third-order valence-electron chi connectivity index (χ3n) is 3.36. The van der Waals surface area contributed by atoms with E-state index in [1.165, 1.54) is 0 Å². The topological polar surface area (TPSA) is 88.1 Å². The van der Waals surface area contributed by atoms with Gasteiger partial charge in [-0.2, -0.15) is 0 Å². The van der Waals surface area contributed by atoms with E-state index in [0.29, 0.717) is 19.4 Å². The van der Waals surface area contributed by atoms with Crippen molar-refractivity contribution >= 4 is 11.7 Å². The van der Waals surface area contributed by atoms with Crippen molar-refractivity contribution in [3.05, 3.63) is 0 Å². The van der Waals surface area contributed by atoms with Crippen molar-refractivity contribution in [3.8, 4) is 0 Å². The molecule has 19 heavy (non-hydrogen) atoms. The number of ether oxygens (including phenoxy) is 1. The third kappa shape index (κ3) is 5.46. The number of rotatable bonds is 6. The highest BCUT2D eigenvalue weighted by molar-refractivity contribution is 5.81. The number of hydrogen-bond donors (Lipinski definition) is 2. The Morgan fingerprint density at radius 2 is 2.26 bits per heavy atom. The molecule has 1 heterocycles. The molecule has 1 rings (SSSR count). The van der Waals surface area contributed by atoms with Crippen LogP contribution in [0.4, 0.5) is 0 Å². The lowest BCUT2D eigenvalue weighted by Crippen LogP contribution is -2.41. The van der Waals surface area contributed by atoms with Crippen LogP contribution < -0.4 is 5.73 Å². The molecular formula is C13H25N3O3. The molecule has 1 aliphatic rings. The Balaban J connectivity index is 2.47. The summed E-state index contributed by atoms with van der Waals surface area (Å²) in [5.74, 6) is 0.222. The molecule has 1 saturated heterocycles. The van der Waals surface area contributed by atoms with Gasteiger partial charge in [0.2, 0.25) is 5.91 Å². The highest BCUT2D eigenvalue weighted by atomic mass is 16.5. The SMILES string of the molecule is CC(C)N(CCC(N)=NO)C(=O)CC1CCCCO1. The molecule has 1 aliphatic heterocycles. The molecule has 1 atom stereocenters. The average Bonchev–Trinajstić information content (AvgIpc) is 2.39. The molecule has 0 aliphatic carbocycles. The van der Waals surface area contributed by atoms with Crippen LogP contribution in [0, 0.1) is 0 Å². The van der Waals surface area contributed by atoms with Crippen LogP contribution in [0.3, 0.4) is 0 Å². The largest absolute Gasteiger partial charge is 0.409 e. The van der Waals surface area contributed by atoms with Crippen LogP contribution in [-0.2, 0) is 9.53 Å². The molecule has 6 nitrogen and oxygen atoms in total. The van der Waals surface area contributed by atoms with Gasteiger partial charge in [0.15, 0.2) is 0 Å². The Bertz CT molecular complexity index is 312. The molecule has 1 unspecified atom stereocenters. The van der Waals surface area contributed by atoms with Crippen molar-refractivity contribution < 1.29 is 14.7 Å². The van der Waals surface area contributed by atoms with E-state index in [9.17, 15) is 4.79 Å². The lowest BCUT2D eigenvalue weighted by Gasteiger charge is -2.29. The standard InChI is InChI=1S/C13H25N3O3/c1-10(2)16(7-6-12(14)15-18)13(17)9-11-5-3-4-8-19-11/h10-11,18H,3-9H2,1-2H3,(H2,14,15). The molecule has 0 aromatic carbocycles. The number of oxime groups is 1. The second-order valence-electron chi connectivity index (χ2n) is 5.21. The van der Waals surface area contributed by atoms with Crippen LogP contribution in [0.1, 0.15) is 46.0 Å². The molecule has 0 aromatic heterocycles. The predicted molar refractivity (Wildman–Crippen MR) is 73.1 cm³/mol. The molecule has 1 amide bonds. The van der Waals surface area contributed by atoms with Gasteiger partial charge < -0.3 is 20.6 Å². The summed E-state index contributed by atoms with van der Waals surface area (Å²) < 4.78 is 5.59. The maximum atomic E-state index is 12.3. The first kappa shape index (κ1) is 15.8. The predicted octanol–water partition coefficient (Wildman–Crippen LogP) is 1.32. The van der Waals surface area contributed by atoms with Crippen molar-refractivity contribution in [2.45, 2.75) is 58.1 Å². The van der Waals surface area contributed by atoms with E-state index in [4.69, 9.17) is 15.7 Å². The highest BCUT2D eigenvalue weighted by Crippen LogP contribution is 2.17. The van der Waals surface area contributed by atoms with Crippen molar-refractivity contribution in [1.29, 1.82) is 0 Å². The summed E-state index contributed by atoms with van der Waals surface area (Å²) in [6.07, 6.45) is 4.02. The minimum atomic E-state index is 0.0476. The molecule has 3 N–H and O–H groups in total. The molecule has 1 fully saturated rings. The molecule has 0 spiro atoms. The fourth-order valence-corrected chi connectivity index (χ4v) is 2.24. The van der Waals surface area contributed by atoms with Gasteiger partial charge in [0, 0.05) is 25.6 Å². The van der Waals surface area contributed by atoms with Crippen LogP contribution in [0.25, 0.3) is 0 Å². The fraction of sp³-hybridized carbons (Fsp3) is 0.846. The van der Waals surface area contributed by atoms with E-state index < -0.39 is 0 Å². The lowest BCUT2D eigenvalue weighted by molar-refractivity contribution is -0.136. The normalized spacial score (nSPS) is 20.6. The zero-order chi connectivity index (χ0) is 14.3. The molecule has 110 valence electrons. The average molecular weight is 271 g/mol. The molecule has 0 saturated carbocycles. The van der Waals surface area contributed by atoms with Gasteiger partial charge >= 0.3 is 0 Å². The second kappa shape index (κ2) is 7.99.